The molecule has 1 aromatic carbocycles. The lowest BCUT2D eigenvalue weighted by Gasteiger charge is -2.26. The van der Waals surface area contributed by atoms with Gasteiger partial charge in [-0.15, -0.1) is 0 Å². The van der Waals surface area contributed by atoms with Gasteiger partial charge in [-0.1, -0.05) is 25.1 Å². The molecule has 5 heteroatoms. The number of hydrogen-bond acceptors (Lipinski definition) is 3. The maximum Gasteiger partial charge on any atom is 0.305 e. The Kier molecular flexibility index (Phi) is 6.18. The number of carbonyl (C=O) groups excluding carboxylic acids is 1. The first-order valence-electron chi connectivity index (χ1n) is 6.76. The van der Waals surface area contributed by atoms with Gasteiger partial charge in [-0.2, -0.15) is 0 Å². The largest absolute Gasteiger partial charge is 0.481 e. The molecule has 1 atom stereocenters. The van der Waals surface area contributed by atoms with E-state index in [1.807, 2.05) is 38.1 Å². The highest BCUT2D eigenvalue weighted by Crippen LogP contribution is 2.22. The van der Waals surface area contributed by atoms with Crippen molar-refractivity contribution in [3.63, 3.8) is 0 Å². The molecule has 0 aromatic heterocycles. The lowest BCUT2D eigenvalue weighted by Crippen LogP contribution is -2.38. The summed E-state index contributed by atoms with van der Waals surface area (Å²) in [7, 11) is 0. The van der Waals surface area contributed by atoms with Gasteiger partial charge in [0.05, 0.1) is 6.42 Å². The molecule has 0 heterocycles. The Morgan fingerprint density at radius 3 is 2.55 bits per heavy atom. The number of nitrogens with zero attached hydrogens (tertiary/aromatic N) is 1. The fraction of sp³-hybridized carbons (Fsp3) is 0.467. The molecule has 1 amide bonds. The predicted octanol–water partition coefficient (Wildman–Crippen LogP) is 1.79. The number of aliphatic carboxylic acids is 1. The SMILES string of the molecule is Cc1ccccc1N(CCC(=O)O)C(=O)C(C)CCN. The number of carboxylic acid groups (broad SMARTS) is 1. The van der Waals surface area contributed by atoms with Crippen molar-refractivity contribution in [1.82, 2.24) is 0 Å². The number of carbonyl (C=O) groups is 2. The van der Waals surface area contributed by atoms with E-state index in [1.165, 1.54) is 0 Å². The van der Waals surface area contributed by atoms with Crippen LogP contribution in [0.3, 0.4) is 0 Å². The second-order valence-electron chi connectivity index (χ2n) is 4.90. The van der Waals surface area contributed by atoms with Crippen molar-refractivity contribution in [2.24, 2.45) is 11.7 Å². The highest BCUT2D eigenvalue weighted by Gasteiger charge is 2.23. The Morgan fingerprint density at radius 1 is 1.35 bits per heavy atom. The molecule has 0 fully saturated rings. The number of nitrogens with two attached hydrogens (primary N) is 1. The van der Waals surface area contributed by atoms with E-state index in [9.17, 15) is 9.59 Å². The molecule has 20 heavy (non-hydrogen) atoms. The Hall–Kier alpha value is -1.88. The molecule has 0 aliphatic carbocycles. The summed E-state index contributed by atoms with van der Waals surface area (Å²) in [6, 6.07) is 7.48. The average Bonchev–Trinajstić information content (AvgIpc) is 2.40. The highest BCUT2D eigenvalue weighted by atomic mass is 16.4. The van der Waals surface area contributed by atoms with Crippen LogP contribution in [0.2, 0.25) is 0 Å². The van der Waals surface area contributed by atoms with Crippen LogP contribution in [-0.2, 0) is 9.59 Å². The van der Waals surface area contributed by atoms with Gasteiger partial charge in [0.25, 0.3) is 0 Å². The van der Waals surface area contributed by atoms with Crippen molar-refractivity contribution >= 4 is 17.6 Å². The summed E-state index contributed by atoms with van der Waals surface area (Å²) in [5.74, 6) is -1.21. The molecule has 0 radical (unpaired) electrons. The molecule has 1 unspecified atom stereocenters. The molecule has 0 spiro atoms. The Balaban J connectivity index is 2.99. The van der Waals surface area contributed by atoms with Crippen LogP contribution in [0.15, 0.2) is 24.3 Å². The van der Waals surface area contributed by atoms with Crippen LogP contribution >= 0.6 is 0 Å². The molecule has 0 aliphatic heterocycles. The first kappa shape index (κ1) is 16.2. The molecule has 1 aromatic rings. The fourth-order valence-corrected chi connectivity index (χ4v) is 2.06. The third kappa shape index (κ3) is 4.35. The molecule has 110 valence electrons. The number of para-hydroxylation sites is 1. The number of anilines is 1. The number of amides is 1. The van der Waals surface area contributed by atoms with Gasteiger partial charge in [-0.05, 0) is 31.5 Å². The van der Waals surface area contributed by atoms with E-state index < -0.39 is 5.97 Å². The van der Waals surface area contributed by atoms with Crippen molar-refractivity contribution in [3.05, 3.63) is 29.8 Å². The van der Waals surface area contributed by atoms with E-state index in [0.717, 1.165) is 11.3 Å². The van der Waals surface area contributed by atoms with E-state index in [0.29, 0.717) is 13.0 Å². The Morgan fingerprint density at radius 2 is 2.00 bits per heavy atom. The van der Waals surface area contributed by atoms with Crippen molar-refractivity contribution in [3.8, 4) is 0 Å². The van der Waals surface area contributed by atoms with E-state index in [-0.39, 0.29) is 24.8 Å². The van der Waals surface area contributed by atoms with Gasteiger partial charge in [0, 0.05) is 18.2 Å². The summed E-state index contributed by atoms with van der Waals surface area (Å²) in [4.78, 5) is 24.8. The van der Waals surface area contributed by atoms with Crippen LogP contribution in [0.5, 0.6) is 0 Å². The number of carboxylic acids is 1. The Labute approximate surface area is 119 Å². The molecule has 1 rings (SSSR count). The summed E-state index contributed by atoms with van der Waals surface area (Å²) in [5, 5.41) is 8.84. The topological polar surface area (TPSA) is 83.6 Å². The molecule has 0 aliphatic rings. The summed E-state index contributed by atoms with van der Waals surface area (Å²) >= 11 is 0. The molecular weight excluding hydrogens is 256 g/mol. The first-order valence-corrected chi connectivity index (χ1v) is 6.76. The minimum absolute atomic E-state index is 0.0740. The predicted molar refractivity (Wildman–Crippen MR) is 78.6 cm³/mol. The first-order chi connectivity index (χ1) is 9.47. The van der Waals surface area contributed by atoms with E-state index >= 15 is 0 Å². The van der Waals surface area contributed by atoms with Crippen LogP contribution < -0.4 is 10.6 Å². The normalized spacial score (nSPS) is 11.9. The third-order valence-corrected chi connectivity index (χ3v) is 3.24. The standard InChI is InChI=1S/C15H22N2O3/c1-11-5-3-4-6-13(11)17(10-8-14(18)19)15(20)12(2)7-9-16/h3-6,12H,7-10,16H2,1-2H3,(H,18,19). The zero-order valence-corrected chi connectivity index (χ0v) is 12.0. The maximum absolute atomic E-state index is 12.5. The van der Waals surface area contributed by atoms with Crippen molar-refractivity contribution in [2.45, 2.75) is 26.7 Å². The van der Waals surface area contributed by atoms with Crippen LogP contribution in [0.4, 0.5) is 5.69 Å². The smallest absolute Gasteiger partial charge is 0.305 e. The lowest BCUT2D eigenvalue weighted by atomic mass is 10.0. The van der Waals surface area contributed by atoms with Crippen LogP contribution in [0.1, 0.15) is 25.3 Å². The van der Waals surface area contributed by atoms with E-state index in [4.69, 9.17) is 10.8 Å². The second kappa shape index (κ2) is 7.65. The van der Waals surface area contributed by atoms with Crippen molar-refractivity contribution in [2.75, 3.05) is 18.0 Å². The number of hydrogen-bond donors (Lipinski definition) is 2. The molecule has 3 N–H and O–H groups in total. The summed E-state index contributed by atoms with van der Waals surface area (Å²) in [5.41, 5.74) is 7.21. The van der Waals surface area contributed by atoms with Crippen LogP contribution in [0.25, 0.3) is 0 Å². The monoisotopic (exact) mass is 278 g/mol. The van der Waals surface area contributed by atoms with Gasteiger partial charge >= 0.3 is 5.97 Å². The molecule has 0 saturated carbocycles. The maximum atomic E-state index is 12.5. The second-order valence-corrected chi connectivity index (χ2v) is 4.90. The van der Waals surface area contributed by atoms with Crippen LogP contribution in [0, 0.1) is 12.8 Å². The third-order valence-electron chi connectivity index (χ3n) is 3.24. The van der Waals surface area contributed by atoms with Gasteiger partial charge in [-0.25, -0.2) is 0 Å². The van der Waals surface area contributed by atoms with Gasteiger partial charge in [0.15, 0.2) is 0 Å². The molecule has 0 saturated heterocycles. The van der Waals surface area contributed by atoms with Gasteiger partial charge in [-0.3, -0.25) is 9.59 Å². The molecule has 5 nitrogen and oxygen atoms in total. The number of rotatable bonds is 7. The zero-order chi connectivity index (χ0) is 15.1. The Bertz CT molecular complexity index is 474. The van der Waals surface area contributed by atoms with Crippen molar-refractivity contribution < 1.29 is 14.7 Å². The van der Waals surface area contributed by atoms with E-state index in [1.54, 1.807) is 4.90 Å². The fourth-order valence-electron chi connectivity index (χ4n) is 2.06. The van der Waals surface area contributed by atoms with Gasteiger partial charge < -0.3 is 15.7 Å². The quantitative estimate of drug-likeness (QED) is 0.796. The lowest BCUT2D eigenvalue weighted by molar-refractivity contribution is -0.136. The minimum Gasteiger partial charge on any atom is -0.481 e. The summed E-state index contributed by atoms with van der Waals surface area (Å²) < 4.78 is 0. The minimum atomic E-state index is -0.914. The average molecular weight is 278 g/mol. The van der Waals surface area contributed by atoms with Gasteiger partial charge in [0.1, 0.15) is 0 Å². The zero-order valence-electron chi connectivity index (χ0n) is 12.0. The highest BCUT2D eigenvalue weighted by molar-refractivity contribution is 5.96. The number of benzene rings is 1. The van der Waals surface area contributed by atoms with Crippen LogP contribution in [-0.4, -0.2) is 30.1 Å². The summed E-state index contributed by atoms with van der Waals surface area (Å²) in [6.07, 6.45) is 0.518. The van der Waals surface area contributed by atoms with Gasteiger partial charge in [0.2, 0.25) is 5.91 Å². The van der Waals surface area contributed by atoms with E-state index in [2.05, 4.69) is 0 Å². The number of aryl methyl sites for hydroxylation is 1. The molecule has 0 bridgehead atoms. The summed E-state index contributed by atoms with van der Waals surface area (Å²) in [6.45, 7) is 4.34. The van der Waals surface area contributed by atoms with Crippen molar-refractivity contribution in [1.29, 1.82) is 0 Å². The molecular formula is C15H22N2O3.